The van der Waals surface area contributed by atoms with Crippen molar-refractivity contribution in [1.82, 2.24) is 15.0 Å². The number of anilines is 2. The number of nitrogens with one attached hydrogen (secondary N) is 1. The van der Waals surface area contributed by atoms with Gasteiger partial charge in [-0.2, -0.15) is 0 Å². The van der Waals surface area contributed by atoms with Gasteiger partial charge in [0.05, 0.1) is 17.6 Å². The minimum absolute atomic E-state index is 0.478. The van der Waals surface area contributed by atoms with Crippen LogP contribution in [0.3, 0.4) is 0 Å². The molecule has 0 atom stereocenters. The van der Waals surface area contributed by atoms with Gasteiger partial charge in [-0.3, -0.25) is 4.98 Å². The van der Waals surface area contributed by atoms with Gasteiger partial charge in [0.25, 0.3) is 0 Å². The SMILES string of the molecule is C#Cc1cccc(Nc2nc(-c3cccnc3)nc3cc(Cl)c(OC)cc23)c1. The van der Waals surface area contributed by atoms with Crippen molar-refractivity contribution in [3.63, 3.8) is 0 Å². The lowest BCUT2D eigenvalue weighted by molar-refractivity contribution is 0.415. The van der Waals surface area contributed by atoms with Crippen LogP contribution in [-0.2, 0) is 0 Å². The van der Waals surface area contributed by atoms with Crippen LogP contribution in [0, 0.1) is 12.3 Å². The van der Waals surface area contributed by atoms with Crippen molar-refractivity contribution in [2.24, 2.45) is 0 Å². The molecule has 0 radical (unpaired) electrons. The van der Waals surface area contributed by atoms with Crippen LogP contribution in [0.2, 0.25) is 5.02 Å². The summed E-state index contributed by atoms with van der Waals surface area (Å²) in [5, 5.41) is 4.59. The van der Waals surface area contributed by atoms with E-state index in [2.05, 4.69) is 21.2 Å². The predicted octanol–water partition coefficient (Wildman–Crippen LogP) is 5.08. The monoisotopic (exact) mass is 386 g/mol. The second-order valence-electron chi connectivity index (χ2n) is 5.99. The highest BCUT2D eigenvalue weighted by atomic mass is 35.5. The highest BCUT2D eigenvalue weighted by Gasteiger charge is 2.13. The van der Waals surface area contributed by atoms with Crippen LogP contribution in [0.25, 0.3) is 22.3 Å². The van der Waals surface area contributed by atoms with Crippen LogP contribution in [0.1, 0.15) is 5.56 Å². The minimum atomic E-state index is 0.478. The average molecular weight is 387 g/mol. The van der Waals surface area contributed by atoms with E-state index in [-0.39, 0.29) is 0 Å². The van der Waals surface area contributed by atoms with E-state index in [1.165, 1.54) is 0 Å². The molecular formula is C22H15ClN4O. The lowest BCUT2D eigenvalue weighted by atomic mass is 10.1. The van der Waals surface area contributed by atoms with E-state index in [1.54, 1.807) is 25.6 Å². The summed E-state index contributed by atoms with van der Waals surface area (Å²) in [5.41, 5.74) is 3.09. The molecule has 0 amide bonds. The first-order chi connectivity index (χ1) is 13.7. The van der Waals surface area contributed by atoms with Crippen LogP contribution in [0.5, 0.6) is 5.75 Å². The van der Waals surface area contributed by atoms with Gasteiger partial charge < -0.3 is 10.1 Å². The number of hydrogen-bond donors (Lipinski definition) is 1. The lowest BCUT2D eigenvalue weighted by Gasteiger charge is -2.13. The lowest BCUT2D eigenvalue weighted by Crippen LogP contribution is -2.00. The molecule has 2 heterocycles. The topological polar surface area (TPSA) is 59.9 Å². The molecular weight excluding hydrogens is 372 g/mol. The molecule has 0 saturated heterocycles. The maximum absolute atomic E-state index is 6.31. The first-order valence-electron chi connectivity index (χ1n) is 8.47. The van der Waals surface area contributed by atoms with Crippen molar-refractivity contribution in [3.8, 4) is 29.5 Å². The maximum Gasteiger partial charge on any atom is 0.163 e. The van der Waals surface area contributed by atoms with Gasteiger partial charge in [-0.05, 0) is 42.5 Å². The molecule has 28 heavy (non-hydrogen) atoms. The van der Waals surface area contributed by atoms with E-state index in [1.807, 2.05) is 42.5 Å². The Labute approximate surface area is 167 Å². The summed E-state index contributed by atoms with van der Waals surface area (Å²) in [6.45, 7) is 0. The number of hydrogen-bond acceptors (Lipinski definition) is 5. The molecule has 0 fully saturated rings. The summed E-state index contributed by atoms with van der Waals surface area (Å²) in [4.78, 5) is 13.5. The fourth-order valence-electron chi connectivity index (χ4n) is 2.83. The standard InChI is InChI=1S/C22H15ClN4O/c1-3-14-6-4-8-16(10-14)25-22-17-11-20(28-2)18(23)12-19(17)26-21(27-22)15-7-5-9-24-13-15/h1,4-13H,2H3,(H,25,26,27). The summed E-state index contributed by atoms with van der Waals surface area (Å²) in [5.74, 6) is 4.34. The van der Waals surface area contributed by atoms with Gasteiger partial charge in [-0.15, -0.1) is 6.42 Å². The number of pyridine rings is 1. The average Bonchev–Trinajstić information content (AvgIpc) is 2.74. The van der Waals surface area contributed by atoms with Gasteiger partial charge in [-0.1, -0.05) is 23.6 Å². The smallest absolute Gasteiger partial charge is 0.163 e. The summed E-state index contributed by atoms with van der Waals surface area (Å²) >= 11 is 6.31. The van der Waals surface area contributed by atoms with Crippen molar-refractivity contribution >= 4 is 34.0 Å². The quantitative estimate of drug-likeness (QED) is 0.496. The number of nitrogens with zero attached hydrogens (tertiary/aromatic N) is 3. The zero-order valence-electron chi connectivity index (χ0n) is 15.0. The number of fused-ring (bicyclic) bond motifs is 1. The van der Waals surface area contributed by atoms with Crippen LogP contribution in [0.15, 0.2) is 60.9 Å². The molecule has 0 saturated carbocycles. The highest BCUT2D eigenvalue weighted by molar-refractivity contribution is 6.33. The zero-order chi connectivity index (χ0) is 19.5. The molecule has 0 aliphatic carbocycles. The molecule has 0 spiro atoms. The van der Waals surface area contributed by atoms with Crippen LogP contribution < -0.4 is 10.1 Å². The van der Waals surface area contributed by atoms with Crippen molar-refractivity contribution in [2.45, 2.75) is 0 Å². The van der Waals surface area contributed by atoms with E-state index in [4.69, 9.17) is 27.7 Å². The summed E-state index contributed by atoms with van der Waals surface area (Å²) in [7, 11) is 1.57. The second kappa shape index (κ2) is 7.55. The first kappa shape index (κ1) is 17.8. The number of methoxy groups -OCH3 is 1. The Balaban J connectivity index is 1.91. The van der Waals surface area contributed by atoms with Gasteiger partial charge >= 0.3 is 0 Å². The third kappa shape index (κ3) is 3.46. The van der Waals surface area contributed by atoms with Crippen LogP contribution in [0.4, 0.5) is 11.5 Å². The van der Waals surface area contributed by atoms with Gasteiger partial charge in [0, 0.05) is 34.6 Å². The number of ether oxygens (including phenoxy) is 1. The van der Waals surface area contributed by atoms with E-state index in [0.717, 1.165) is 22.2 Å². The largest absolute Gasteiger partial charge is 0.495 e. The highest BCUT2D eigenvalue weighted by Crippen LogP contribution is 2.34. The molecule has 136 valence electrons. The Morgan fingerprint density at radius 3 is 2.75 bits per heavy atom. The maximum atomic E-state index is 6.31. The van der Waals surface area contributed by atoms with Crippen molar-refractivity contribution in [2.75, 3.05) is 12.4 Å². The van der Waals surface area contributed by atoms with Crippen LogP contribution in [-0.4, -0.2) is 22.1 Å². The first-order valence-corrected chi connectivity index (χ1v) is 8.85. The number of terminal acetylenes is 1. The summed E-state index contributed by atoms with van der Waals surface area (Å²) in [6.07, 6.45) is 8.94. The zero-order valence-corrected chi connectivity index (χ0v) is 15.7. The molecule has 0 aliphatic rings. The molecule has 4 aromatic rings. The molecule has 2 aromatic heterocycles. The van der Waals surface area contributed by atoms with Gasteiger partial charge in [0.1, 0.15) is 11.6 Å². The van der Waals surface area contributed by atoms with Crippen molar-refractivity contribution < 1.29 is 4.74 Å². The molecule has 0 bridgehead atoms. The third-order valence-electron chi connectivity index (χ3n) is 4.18. The second-order valence-corrected chi connectivity index (χ2v) is 6.40. The Morgan fingerprint density at radius 1 is 1.11 bits per heavy atom. The Kier molecular flexibility index (Phi) is 4.79. The van der Waals surface area contributed by atoms with E-state index >= 15 is 0 Å². The molecule has 2 aromatic carbocycles. The Bertz CT molecular complexity index is 1200. The van der Waals surface area contributed by atoms with Gasteiger partial charge in [-0.25, -0.2) is 9.97 Å². The normalized spacial score (nSPS) is 10.5. The van der Waals surface area contributed by atoms with Gasteiger partial charge in [0.15, 0.2) is 5.82 Å². The molecule has 6 heteroatoms. The Morgan fingerprint density at radius 2 is 2.00 bits per heavy atom. The number of benzene rings is 2. The molecule has 0 aliphatic heterocycles. The molecule has 1 N–H and O–H groups in total. The molecule has 0 unspecified atom stereocenters. The Hall–Kier alpha value is -3.62. The van der Waals surface area contributed by atoms with Crippen LogP contribution >= 0.6 is 11.6 Å². The fraction of sp³-hybridized carbons (Fsp3) is 0.0455. The molecule has 4 rings (SSSR count). The van der Waals surface area contributed by atoms with E-state index < -0.39 is 0 Å². The third-order valence-corrected chi connectivity index (χ3v) is 4.48. The predicted molar refractivity (Wildman–Crippen MR) is 112 cm³/mol. The van der Waals surface area contributed by atoms with E-state index in [9.17, 15) is 0 Å². The van der Waals surface area contributed by atoms with E-state index in [0.29, 0.717) is 27.9 Å². The van der Waals surface area contributed by atoms with Crippen molar-refractivity contribution in [3.05, 3.63) is 71.5 Å². The van der Waals surface area contributed by atoms with Gasteiger partial charge in [0.2, 0.25) is 0 Å². The fourth-order valence-corrected chi connectivity index (χ4v) is 3.06. The summed E-state index contributed by atoms with van der Waals surface area (Å²) < 4.78 is 5.36. The number of aromatic nitrogens is 3. The number of rotatable bonds is 4. The van der Waals surface area contributed by atoms with Crippen molar-refractivity contribution in [1.29, 1.82) is 0 Å². The number of halogens is 1. The summed E-state index contributed by atoms with van der Waals surface area (Å²) in [6, 6.07) is 14.9. The molecule has 5 nitrogen and oxygen atoms in total. The minimum Gasteiger partial charge on any atom is -0.495 e.